The van der Waals surface area contributed by atoms with Crippen LogP contribution in [0.25, 0.3) is 0 Å². The van der Waals surface area contributed by atoms with Crippen molar-refractivity contribution in [1.29, 1.82) is 0 Å². The minimum Gasteiger partial charge on any atom is -0.386 e. The molecule has 0 aromatic heterocycles. The standard InChI is InChI=1S/C11H15ClN2O2/c1-15-11(16-2)8-5-3-4-6-9(8)14-10(13)7-12/h3-6,11H,7H2,1-2H3,(H2,13,14). The number of nitrogens with zero attached hydrogens (tertiary/aromatic N) is 1. The van der Waals surface area contributed by atoms with Crippen molar-refractivity contribution >= 4 is 23.1 Å². The largest absolute Gasteiger partial charge is 0.386 e. The van der Waals surface area contributed by atoms with Crippen molar-refractivity contribution in [2.45, 2.75) is 6.29 Å². The van der Waals surface area contributed by atoms with Crippen LogP contribution in [0.15, 0.2) is 29.3 Å². The zero-order valence-electron chi connectivity index (χ0n) is 9.31. The van der Waals surface area contributed by atoms with Crippen molar-refractivity contribution in [3.8, 4) is 0 Å². The summed E-state index contributed by atoms with van der Waals surface area (Å²) < 4.78 is 10.4. The lowest BCUT2D eigenvalue weighted by Gasteiger charge is -2.15. The molecule has 0 radical (unpaired) electrons. The summed E-state index contributed by atoms with van der Waals surface area (Å²) in [6, 6.07) is 7.46. The monoisotopic (exact) mass is 242 g/mol. The second-order valence-electron chi connectivity index (χ2n) is 3.10. The van der Waals surface area contributed by atoms with Crippen molar-refractivity contribution in [3.05, 3.63) is 29.8 Å². The molecule has 1 rings (SSSR count). The van der Waals surface area contributed by atoms with Crippen LogP contribution >= 0.6 is 11.6 Å². The zero-order valence-corrected chi connectivity index (χ0v) is 10.1. The molecular formula is C11H15ClN2O2. The lowest BCUT2D eigenvalue weighted by Crippen LogP contribution is -2.13. The van der Waals surface area contributed by atoms with Gasteiger partial charge in [-0.05, 0) is 6.07 Å². The molecule has 0 aliphatic carbocycles. The highest BCUT2D eigenvalue weighted by molar-refractivity contribution is 6.28. The van der Waals surface area contributed by atoms with E-state index in [0.29, 0.717) is 11.5 Å². The number of para-hydroxylation sites is 1. The van der Waals surface area contributed by atoms with Crippen LogP contribution in [0.3, 0.4) is 0 Å². The normalized spacial score (nSPS) is 12.1. The molecule has 0 aliphatic heterocycles. The van der Waals surface area contributed by atoms with Gasteiger partial charge in [-0.3, -0.25) is 0 Å². The number of benzene rings is 1. The molecule has 0 spiro atoms. The fourth-order valence-electron chi connectivity index (χ4n) is 1.32. The fourth-order valence-corrected chi connectivity index (χ4v) is 1.38. The van der Waals surface area contributed by atoms with E-state index in [-0.39, 0.29) is 5.88 Å². The van der Waals surface area contributed by atoms with Gasteiger partial charge < -0.3 is 15.2 Å². The van der Waals surface area contributed by atoms with Crippen molar-refractivity contribution in [1.82, 2.24) is 0 Å². The highest BCUT2D eigenvalue weighted by atomic mass is 35.5. The molecule has 88 valence electrons. The molecule has 0 amide bonds. The van der Waals surface area contributed by atoms with Gasteiger partial charge in [0.2, 0.25) is 0 Å². The Hall–Kier alpha value is -1.10. The van der Waals surface area contributed by atoms with E-state index in [9.17, 15) is 0 Å². The van der Waals surface area contributed by atoms with Gasteiger partial charge in [-0.25, -0.2) is 4.99 Å². The maximum atomic E-state index is 5.59. The third-order valence-electron chi connectivity index (χ3n) is 2.02. The number of ether oxygens (including phenoxy) is 2. The molecule has 0 saturated heterocycles. The summed E-state index contributed by atoms with van der Waals surface area (Å²) in [5, 5.41) is 0. The summed E-state index contributed by atoms with van der Waals surface area (Å²) in [5.74, 6) is 0.555. The van der Waals surface area contributed by atoms with Gasteiger partial charge in [0.15, 0.2) is 6.29 Å². The van der Waals surface area contributed by atoms with Gasteiger partial charge in [0, 0.05) is 19.8 Å². The summed E-state index contributed by atoms with van der Waals surface area (Å²) in [5.41, 5.74) is 7.12. The summed E-state index contributed by atoms with van der Waals surface area (Å²) in [7, 11) is 3.14. The van der Waals surface area contributed by atoms with Gasteiger partial charge in [0.05, 0.1) is 11.6 Å². The van der Waals surface area contributed by atoms with Crippen LogP contribution in [0.1, 0.15) is 11.9 Å². The third-order valence-corrected chi connectivity index (χ3v) is 2.29. The SMILES string of the molecule is COC(OC)c1ccccc1N=C(N)CCl. The first-order chi connectivity index (χ1) is 7.72. The molecule has 0 unspecified atom stereocenters. The van der Waals surface area contributed by atoms with Crippen LogP contribution in [0, 0.1) is 0 Å². The van der Waals surface area contributed by atoms with Crippen LogP contribution < -0.4 is 5.73 Å². The second kappa shape index (κ2) is 6.48. The lowest BCUT2D eigenvalue weighted by atomic mass is 10.1. The van der Waals surface area contributed by atoms with Crippen LogP contribution in [-0.2, 0) is 9.47 Å². The average Bonchev–Trinajstić information content (AvgIpc) is 2.32. The van der Waals surface area contributed by atoms with Crippen LogP contribution in [0.4, 0.5) is 5.69 Å². The summed E-state index contributed by atoms with van der Waals surface area (Å²) in [6.07, 6.45) is -0.455. The van der Waals surface area contributed by atoms with E-state index in [1.165, 1.54) is 0 Å². The molecule has 0 saturated carbocycles. The molecular weight excluding hydrogens is 228 g/mol. The van der Waals surface area contributed by atoms with Crippen molar-refractivity contribution in [2.75, 3.05) is 20.1 Å². The first-order valence-corrected chi connectivity index (χ1v) is 5.30. The molecule has 0 heterocycles. The first kappa shape index (κ1) is 13.0. The van der Waals surface area contributed by atoms with E-state index in [1.807, 2.05) is 24.3 Å². The third kappa shape index (κ3) is 3.20. The van der Waals surface area contributed by atoms with Crippen LogP contribution in [-0.4, -0.2) is 25.9 Å². The molecule has 1 aromatic rings. The van der Waals surface area contributed by atoms with Gasteiger partial charge in [-0.2, -0.15) is 0 Å². The van der Waals surface area contributed by atoms with E-state index >= 15 is 0 Å². The van der Waals surface area contributed by atoms with E-state index in [4.69, 9.17) is 26.8 Å². The molecule has 0 fully saturated rings. The van der Waals surface area contributed by atoms with Gasteiger partial charge in [-0.1, -0.05) is 18.2 Å². The van der Waals surface area contributed by atoms with Crippen molar-refractivity contribution < 1.29 is 9.47 Å². The number of halogens is 1. The zero-order chi connectivity index (χ0) is 12.0. The Kier molecular flexibility index (Phi) is 5.25. The summed E-state index contributed by atoms with van der Waals surface area (Å²) >= 11 is 5.58. The Balaban J connectivity index is 3.09. The Bertz CT molecular complexity index is 365. The summed E-state index contributed by atoms with van der Waals surface area (Å²) in [6.45, 7) is 0. The number of hydrogen-bond donors (Lipinski definition) is 1. The second-order valence-corrected chi connectivity index (χ2v) is 3.37. The number of hydrogen-bond acceptors (Lipinski definition) is 3. The molecule has 16 heavy (non-hydrogen) atoms. The van der Waals surface area contributed by atoms with Gasteiger partial charge in [-0.15, -0.1) is 11.6 Å². The Labute approximate surface area is 100 Å². The number of amidine groups is 1. The smallest absolute Gasteiger partial charge is 0.185 e. The molecule has 0 atom stereocenters. The number of aliphatic imine (C=N–C) groups is 1. The molecule has 0 bridgehead atoms. The molecule has 5 heteroatoms. The topological polar surface area (TPSA) is 56.8 Å². The number of nitrogens with two attached hydrogens (primary N) is 1. The molecule has 2 N–H and O–H groups in total. The molecule has 0 aliphatic rings. The maximum absolute atomic E-state index is 5.59. The number of methoxy groups -OCH3 is 2. The van der Waals surface area contributed by atoms with E-state index in [2.05, 4.69) is 4.99 Å². The van der Waals surface area contributed by atoms with E-state index in [0.717, 1.165) is 5.56 Å². The molecule has 1 aromatic carbocycles. The predicted molar refractivity (Wildman–Crippen MR) is 65.2 cm³/mol. The van der Waals surface area contributed by atoms with Crippen LogP contribution in [0.2, 0.25) is 0 Å². The maximum Gasteiger partial charge on any atom is 0.185 e. The van der Waals surface area contributed by atoms with Crippen LogP contribution in [0.5, 0.6) is 0 Å². The summed E-state index contributed by atoms with van der Waals surface area (Å²) in [4.78, 5) is 4.20. The van der Waals surface area contributed by atoms with Gasteiger partial charge >= 0.3 is 0 Å². The van der Waals surface area contributed by atoms with Gasteiger partial charge in [0.1, 0.15) is 5.84 Å². The lowest BCUT2D eigenvalue weighted by molar-refractivity contribution is -0.105. The molecule has 4 nitrogen and oxygen atoms in total. The average molecular weight is 243 g/mol. The Morgan fingerprint density at radius 3 is 2.56 bits per heavy atom. The minimum absolute atomic E-state index is 0.193. The van der Waals surface area contributed by atoms with Gasteiger partial charge in [0.25, 0.3) is 0 Å². The first-order valence-electron chi connectivity index (χ1n) is 4.76. The van der Waals surface area contributed by atoms with Crippen molar-refractivity contribution in [3.63, 3.8) is 0 Å². The Morgan fingerprint density at radius 1 is 1.38 bits per heavy atom. The van der Waals surface area contributed by atoms with Crippen molar-refractivity contribution in [2.24, 2.45) is 10.7 Å². The quantitative estimate of drug-likeness (QED) is 0.373. The minimum atomic E-state index is -0.455. The van der Waals surface area contributed by atoms with E-state index in [1.54, 1.807) is 14.2 Å². The number of rotatable bonds is 5. The highest BCUT2D eigenvalue weighted by Gasteiger charge is 2.12. The fraction of sp³-hybridized carbons (Fsp3) is 0.364. The highest BCUT2D eigenvalue weighted by Crippen LogP contribution is 2.27. The predicted octanol–water partition coefficient (Wildman–Crippen LogP) is 2.21. The van der Waals surface area contributed by atoms with E-state index < -0.39 is 6.29 Å². The number of alkyl halides is 1. The Morgan fingerprint density at radius 2 is 2.00 bits per heavy atom.